The van der Waals surface area contributed by atoms with Crippen LogP contribution in [0.3, 0.4) is 0 Å². The Kier molecular flexibility index (Phi) is 4.84. The maximum atomic E-state index is 12.5. The largest absolute Gasteiger partial charge is 0.480 e. The third kappa shape index (κ3) is 4.05. The molecule has 0 bridgehead atoms. The first kappa shape index (κ1) is 17.2. The third-order valence-corrected chi connectivity index (χ3v) is 4.33. The molecule has 1 aliphatic rings. The zero-order valence-corrected chi connectivity index (χ0v) is 14.4. The Morgan fingerprint density at radius 1 is 1.20 bits per heavy atom. The summed E-state index contributed by atoms with van der Waals surface area (Å²) in [5, 5.41) is 17.2. The molecule has 1 aliphatic heterocycles. The molecular formula is C16H22N6O3. The van der Waals surface area contributed by atoms with E-state index in [-0.39, 0.29) is 18.1 Å². The van der Waals surface area contributed by atoms with Crippen molar-refractivity contribution in [2.24, 2.45) is 7.05 Å². The van der Waals surface area contributed by atoms with Gasteiger partial charge in [-0.15, -0.1) is 0 Å². The van der Waals surface area contributed by atoms with Crippen LogP contribution in [-0.4, -0.2) is 72.5 Å². The van der Waals surface area contributed by atoms with Gasteiger partial charge in [0.2, 0.25) is 0 Å². The molecule has 0 atom stereocenters. The highest BCUT2D eigenvalue weighted by Gasteiger charge is 2.24. The summed E-state index contributed by atoms with van der Waals surface area (Å²) in [6, 6.07) is 1.57. The summed E-state index contributed by atoms with van der Waals surface area (Å²) < 4.78 is 3.08. The fourth-order valence-electron chi connectivity index (χ4n) is 3.02. The molecule has 1 amide bonds. The van der Waals surface area contributed by atoms with E-state index in [0.717, 1.165) is 25.3 Å². The van der Waals surface area contributed by atoms with Gasteiger partial charge in [-0.1, -0.05) is 0 Å². The van der Waals surface area contributed by atoms with Crippen molar-refractivity contribution in [1.82, 2.24) is 29.4 Å². The van der Waals surface area contributed by atoms with E-state index in [9.17, 15) is 9.59 Å². The number of aliphatic carboxylic acids is 1. The molecule has 0 saturated carbocycles. The van der Waals surface area contributed by atoms with E-state index in [1.165, 1.54) is 16.4 Å². The van der Waals surface area contributed by atoms with Crippen LogP contribution < -0.4 is 0 Å². The number of rotatable bonds is 5. The molecule has 9 heteroatoms. The van der Waals surface area contributed by atoms with Crippen molar-refractivity contribution in [3.63, 3.8) is 0 Å². The maximum Gasteiger partial charge on any atom is 0.325 e. The monoisotopic (exact) mass is 346 g/mol. The lowest BCUT2D eigenvalue weighted by Crippen LogP contribution is -2.48. The van der Waals surface area contributed by atoms with Crippen molar-refractivity contribution in [3.8, 4) is 0 Å². The normalized spacial score (nSPS) is 15.5. The smallest absolute Gasteiger partial charge is 0.325 e. The summed E-state index contributed by atoms with van der Waals surface area (Å²) in [6.45, 7) is 5.42. The van der Waals surface area contributed by atoms with Gasteiger partial charge in [0.15, 0.2) is 0 Å². The fraction of sp³-hybridized carbons (Fsp3) is 0.500. The number of piperazine rings is 1. The minimum Gasteiger partial charge on any atom is -0.480 e. The molecule has 1 fully saturated rings. The number of carboxylic acid groups (broad SMARTS) is 1. The fourth-order valence-corrected chi connectivity index (χ4v) is 3.02. The summed E-state index contributed by atoms with van der Waals surface area (Å²) in [5.41, 5.74) is 2.53. The minimum absolute atomic E-state index is 0.152. The van der Waals surface area contributed by atoms with Gasteiger partial charge in [0.1, 0.15) is 12.2 Å². The summed E-state index contributed by atoms with van der Waals surface area (Å²) in [6.07, 6.45) is 3.55. The summed E-state index contributed by atoms with van der Waals surface area (Å²) in [5.74, 6) is -1.14. The van der Waals surface area contributed by atoms with Crippen molar-refractivity contribution >= 4 is 11.9 Å². The van der Waals surface area contributed by atoms with E-state index < -0.39 is 5.97 Å². The highest BCUT2D eigenvalue weighted by molar-refractivity contribution is 5.92. The Morgan fingerprint density at radius 2 is 1.92 bits per heavy atom. The zero-order valence-electron chi connectivity index (χ0n) is 14.4. The van der Waals surface area contributed by atoms with Gasteiger partial charge in [0.25, 0.3) is 5.91 Å². The lowest BCUT2D eigenvalue weighted by atomic mass is 10.2. The summed E-state index contributed by atoms with van der Waals surface area (Å²) >= 11 is 0. The molecule has 0 unspecified atom stereocenters. The molecule has 2 aromatic heterocycles. The first-order chi connectivity index (χ1) is 11.9. The lowest BCUT2D eigenvalue weighted by molar-refractivity contribution is -0.137. The Bertz CT molecular complexity index is 773. The van der Waals surface area contributed by atoms with Gasteiger partial charge in [-0.3, -0.25) is 23.9 Å². The van der Waals surface area contributed by atoms with E-state index in [2.05, 4.69) is 15.1 Å². The van der Waals surface area contributed by atoms with Gasteiger partial charge < -0.3 is 10.0 Å². The standard InChI is InChI=1S/C16H22N6O3/c1-12-13(9-19(2)17-12)10-20-5-7-21(8-6-20)16(25)14-3-4-22(18-14)11-15(23)24/h3-4,9H,5-8,10-11H2,1-2H3,(H,23,24). The number of carbonyl (C=O) groups is 2. The topological polar surface area (TPSA) is 96.5 Å². The van der Waals surface area contributed by atoms with Crippen molar-refractivity contribution in [1.29, 1.82) is 0 Å². The van der Waals surface area contributed by atoms with Crippen LogP contribution in [0.4, 0.5) is 0 Å². The van der Waals surface area contributed by atoms with Crippen LogP contribution in [-0.2, 0) is 24.9 Å². The van der Waals surface area contributed by atoms with E-state index in [1.807, 2.05) is 24.9 Å². The van der Waals surface area contributed by atoms with E-state index in [0.29, 0.717) is 13.1 Å². The quantitative estimate of drug-likeness (QED) is 0.817. The van der Waals surface area contributed by atoms with Gasteiger partial charge in [0, 0.05) is 57.7 Å². The average Bonchev–Trinajstić information content (AvgIpc) is 3.13. The predicted molar refractivity (Wildman–Crippen MR) is 89.0 cm³/mol. The number of aryl methyl sites for hydroxylation is 2. The molecule has 0 aromatic carbocycles. The number of hydrogen-bond donors (Lipinski definition) is 1. The highest BCUT2D eigenvalue weighted by atomic mass is 16.4. The second-order valence-corrected chi connectivity index (χ2v) is 6.27. The summed E-state index contributed by atoms with van der Waals surface area (Å²) in [4.78, 5) is 27.3. The summed E-state index contributed by atoms with van der Waals surface area (Å²) in [7, 11) is 1.91. The molecule has 0 radical (unpaired) electrons. The Hall–Kier alpha value is -2.68. The van der Waals surface area contributed by atoms with Crippen LogP contribution in [0, 0.1) is 6.92 Å². The third-order valence-electron chi connectivity index (χ3n) is 4.33. The Labute approximate surface area is 145 Å². The molecular weight excluding hydrogens is 324 g/mol. The van der Waals surface area contributed by atoms with Crippen LogP contribution in [0.1, 0.15) is 21.7 Å². The van der Waals surface area contributed by atoms with Gasteiger partial charge in [0.05, 0.1) is 5.69 Å². The number of nitrogens with zero attached hydrogens (tertiary/aromatic N) is 6. The van der Waals surface area contributed by atoms with Crippen LogP contribution in [0.5, 0.6) is 0 Å². The van der Waals surface area contributed by atoms with Crippen molar-refractivity contribution in [3.05, 3.63) is 35.4 Å². The number of carbonyl (C=O) groups excluding carboxylic acids is 1. The van der Waals surface area contributed by atoms with E-state index in [4.69, 9.17) is 5.11 Å². The molecule has 1 N–H and O–H groups in total. The van der Waals surface area contributed by atoms with Crippen LogP contribution >= 0.6 is 0 Å². The molecule has 2 aromatic rings. The van der Waals surface area contributed by atoms with Crippen molar-refractivity contribution in [2.75, 3.05) is 26.2 Å². The second-order valence-electron chi connectivity index (χ2n) is 6.27. The number of aromatic nitrogens is 4. The predicted octanol–water partition coefficient (Wildman–Crippen LogP) is -0.0324. The molecule has 3 rings (SSSR count). The van der Waals surface area contributed by atoms with E-state index in [1.54, 1.807) is 11.0 Å². The molecule has 25 heavy (non-hydrogen) atoms. The van der Waals surface area contributed by atoms with Gasteiger partial charge in [-0.2, -0.15) is 10.2 Å². The first-order valence-electron chi connectivity index (χ1n) is 8.18. The lowest BCUT2D eigenvalue weighted by Gasteiger charge is -2.34. The maximum absolute atomic E-state index is 12.5. The van der Waals surface area contributed by atoms with Crippen LogP contribution in [0.2, 0.25) is 0 Å². The zero-order chi connectivity index (χ0) is 18.0. The number of carboxylic acids is 1. The SMILES string of the molecule is Cc1nn(C)cc1CN1CCN(C(=O)c2ccn(CC(=O)O)n2)CC1. The average molecular weight is 346 g/mol. The first-order valence-corrected chi connectivity index (χ1v) is 8.18. The van der Waals surface area contributed by atoms with Crippen LogP contribution in [0.15, 0.2) is 18.5 Å². The number of hydrogen-bond acceptors (Lipinski definition) is 5. The van der Waals surface area contributed by atoms with Gasteiger partial charge in [-0.25, -0.2) is 0 Å². The molecule has 1 saturated heterocycles. The van der Waals surface area contributed by atoms with Crippen molar-refractivity contribution in [2.45, 2.75) is 20.0 Å². The van der Waals surface area contributed by atoms with Crippen LogP contribution in [0.25, 0.3) is 0 Å². The molecule has 0 spiro atoms. The minimum atomic E-state index is -0.985. The molecule has 9 nitrogen and oxygen atoms in total. The molecule has 0 aliphatic carbocycles. The Morgan fingerprint density at radius 3 is 2.52 bits per heavy atom. The highest BCUT2D eigenvalue weighted by Crippen LogP contribution is 2.13. The molecule has 134 valence electrons. The molecule has 3 heterocycles. The van der Waals surface area contributed by atoms with Crippen molar-refractivity contribution < 1.29 is 14.7 Å². The second kappa shape index (κ2) is 7.06. The van der Waals surface area contributed by atoms with Gasteiger partial charge >= 0.3 is 5.97 Å². The Balaban J connectivity index is 1.54. The van der Waals surface area contributed by atoms with Gasteiger partial charge in [-0.05, 0) is 13.0 Å². The van der Waals surface area contributed by atoms with E-state index >= 15 is 0 Å². The number of amides is 1.